The topological polar surface area (TPSA) is 66.4 Å². The number of amides is 1. The van der Waals surface area contributed by atoms with Crippen LogP contribution in [0, 0.1) is 0 Å². The lowest BCUT2D eigenvalue weighted by Gasteiger charge is -2.12. The van der Waals surface area contributed by atoms with Crippen LogP contribution < -0.4 is 5.32 Å². The van der Waals surface area contributed by atoms with Crippen molar-refractivity contribution >= 4 is 29.3 Å². The lowest BCUT2D eigenvalue weighted by molar-refractivity contribution is -0.133. The SMILES string of the molecule is CC(C(=O)O)=C(C)C(=O)Nc1ccccc1SC(F)(F)F. The first-order valence-electron chi connectivity index (χ1n) is 5.68. The van der Waals surface area contributed by atoms with Gasteiger partial charge in [0.25, 0.3) is 5.91 Å². The van der Waals surface area contributed by atoms with Gasteiger partial charge in [0, 0.05) is 16.0 Å². The highest BCUT2D eigenvalue weighted by molar-refractivity contribution is 8.00. The van der Waals surface area contributed by atoms with E-state index in [1.54, 1.807) is 0 Å². The number of hydrogen-bond donors (Lipinski definition) is 2. The maximum absolute atomic E-state index is 12.4. The molecule has 1 amide bonds. The van der Waals surface area contributed by atoms with Crippen molar-refractivity contribution in [1.82, 2.24) is 0 Å². The number of alkyl halides is 3. The van der Waals surface area contributed by atoms with Crippen LogP contribution in [0.5, 0.6) is 0 Å². The van der Waals surface area contributed by atoms with Gasteiger partial charge in [0.1, 0.15) is 0 Å². The molecule has 0 unspecified atom stereocenters. The van der Waals surface area contributed by atoms with Crippen LogP contribution in [0.1, 0.15) is 13.8 Å². The van der Waals surface area contributed by atoms with Crippen molar-refractivity contribution in [3.63, 3.8) is 0 Å². The minimum atomic E-state index is -4.48. The van der Waals surface area contributed by atoms with Crippen molar-refractivity contribution in [2.24, 2.45) is 0 Å². The summed E-state index contributed by atoms with van der Waals surface area (Å²) in [5, 5.41) is 11.1. The minimum Gasteiger partial charge on any atom is -0.478 e. The number of nitrogens with one attached hydrogen (secondary N) is 1. The zero-order valence-electron chi connectivity index (χ0n) is 11.1. The van der Waals surface area contributed by atoms with E-state index in [1.807, 2.05) is 0 Å². The number of carboxylic acid groups (broad SMARTS) is 1. The van der Waals surface area contributed by atoms with E-state index in [9.17, 15) is 22.8 Å². The lowest BCUT2D eigenvalue weighted by Crippen LogP contribution is -2.17. The molecule has 0 saturated carbocycles. The first-order valence-corrected chi connectivity index (χ1v) is 6.50. The number of carboxylic acids is 1. The van der Waals surface area contributed by atoms with Crippen molar-refractivity contribution in [3.8, 4) is 0 Å². The third-order valence-electron chi connectivity index (χ3n) is 2.58. The molecule has 1 rings (SSSR count). The molecule has 4 nitrogen and oxygen atoms in total. The second-order valence-electron chi connectivity index (χ2n) is 4.05. The summed E-state index contributed by atoms with van der Waals surface area (Å²) in [4.78, 5) is 22.4. The molecule has 0 aliphatic rings. The molecule has 8 heteroatoms. The van der Waals surface area contributed by atoms with Crippen LogP contribution in [0.15, 0.2) is 40.3 Å². The molecule has 0 atom stereocenters. The summed E-state index contributed by atoms with van der Waals surface area (Å²) < 4.78 is 37.2. The van der Waals surface area contributed by atoms with Gasteiger partial charge in [-0.15, -0.1) is 0 Å². The van der Waals surface area contributed by atoms with Crippen LogP contribution in [0.25, 0.3) is 0 Å². The van der Waals surface area contributed by atoms with Gasteiger partial charge >= 0.3 is 11.5 Å². The Kier molecular flexibility index (Phi) is 5.42. The molecule has 1 aromatic carbocycles. The predicted molar refractivity (Wildman–Crippen MR) is 73.0 cm³/mol. The van der Waals surface area contributed by atoms with Crippen LogP contribution in [0.3, 0.4) is 0 Å². The minimum absolute atomic E-state index is 0.0256. The summed E-state index contributed by atoms with van der Waals surface area (Å²) in [6.07, 6.45) is 0. The molecule has 0 spiro atoms. The van der Waals surface area contributed by atoms with Gasteiger partial charge in [-0.2, -0.15) is 13.2 Å². The maximum atomic E-state index is 12.4. The predicted octanol–water partition coefficient (Wildman–Crippen LogP) is 3.66. The van der Waals surface area contributed by atoms with E-state index < -0.39 is 17.4 Å². The van der Waals surface area contributed by atoms with Gasteiger partial charge in [0.05, 0.1) is 5.69 Å². The second kappa shape index (κ2) is 6.66. The first-order chi connectivity index (χ1) is 9.61. The zero-order chi connectivity index (χ0) is 16.2. The number of hydrogen-bond acceptors (Lipinski definition) is 3. The number of anilines is 1. The fraction of sp³-hybridized carbons (Fsp3) is 0.231. The Labute approximate surface area is 123 Å². The van der Waals surface area contributed by atoms with Crippen LogP contribution in [0.2, 0.25) is 0 Å². The third kappa shape index (κ3) is 5.14. The Bertz CT molecular complexity index is 597. The highest BCUT2D eigenvalue weighted by atomic mass is 32.2. The van der Waals surface area contributed by atoms with Gasteiger partial charge in [-0.3, -0.25) is 4.79 Å². The number of aliphatic carboxylic acids is 1. The normalized spacial score (nSPS) is 12.6. The summed E-state index contributed by atoms with van der Waals surface area (Å²) in [6, 6.07) is 5.42. The summed E-state index contributed by atoms with van der Waals surface area (Å²) >= 11 is -0.351. The Hall–Kier alpha value is -1.96. The average Bonchev–Trinajstić information content (AvgIpc) is 2.37. The summed E-state index contributed by atoms with van der Waals surface area (Å²) in [7, 11) is 0. The third-order valence-corrected chi connectivity index (χ3v) is 3.39. The molecule has 2 N–H and O–H groups in total. The molecule has 0 bridgehead atoms. The van der Waals surface area contributed by atoms with E-state index in [4.69, 9.17) is 5.11 Å². The van der Waals surface area contributed by atoms with Gasteiger partial charge in [-0.1, -0.05) is 12.1 Å². The molecule has 0 aromatic heterocycles. The van der Waals surface area contributed by atoms with Crippen LogP contribution >= 0.6 is 11.8 Å². The van der Waals surface area contributed by atoms with E-state index in [-0.39, 0.29) is 33.5 Å². The van der Waals surface area contributed by atoms with Gasteiger partial charge in [0.15, 0.2) is 0 Å². The fourth-order valence-electron chi connectivity index (χ4n) is 1.33. The second-order valence-corrected chi connectivity index (χ2v) is 5.16. The molecule has 1 aromatic rings. The number of halogens is 3. The van der Waals surface area contributed by atoms with Crippen molar-refractivity contribution in [2.45, 2.75) is 24.3 Å². The van der Waals surface area contributed by atoms with Gasteiger partial charge in [0.2, 0.25) is 0 Å². The molecule has 0 fully saturated rings. The zero-order valence-corrected chi connectivity index (χ0v) is 11.9. The fourth-order valence-corrected chi connectivity index (χ4v) is 1.96. The lowest BCUT2D eigenvalue weighted by atomic mass is 10.1. The monoisotopic (exact) mass is 319 g/mol. The van der Waals surface area contributed by atoms with Crippen molar-refractivity contribution in [2.75, 3.05) is 5.32 Å². The Balaban J connectivity index is 3.01. The van der Waals surface area contributed by atoms with Crippen molar-refractivity contribution in [3.05, 3.63) is 35.4 Å². The number of thioether (sulfide) groups is 1. The van der Waals surface area contributed by atoms with E-state index in [2.05, 4.69) is 5.32 Å². The van der Waals surface area contributed by atoms with E-state index in [0.29, 0.717) is 0 Å². The number of rotatable bonds is 4. The molecule has 21 heavy (non-hydrogen) atoms. The van der Waals surface area contributed by atoms with E-state index in [1.165, 1.54) is 38.1 Å². The first kappa shape index (κ1) is 17.1. The molecular weight excluding hydrogens is 307 g/mol. The quantitative estimate of drug-likeness (QED) is 0.656. The smallest absolute Gasteiger partial charge is 0.446 e. The van der Waals surface area contributed by atoms with Crippen molar-refractivity contribution in [1.29, 1.82) is 0 Å². The molecular formula is C13H12F3NO3S. The van der Waals surface area contributed by atoms with Crippen LogP contribution in [-0.2, 0) is 9.59 Å². The summed E-state index contributed by atoms with van der Waals surface area (Å²) in [5.41, 5.74) is -4.76. The van der Waals surface area contributed by atoms with Gasteiger partial charge in [-0.25, -0.2) is 4.79 Å². The number of para-hydroxylation sites is 1. The molecule has 0 saturated heterocycles. The average molecular weight is 319 g/mol. The van der Waals surface area contributed by atoms with Gasteiger partial charge in [-0.05, 0) is 37.7 Å². The Morgan fingerprint density at radius 1 is 1.14 bits per heavy atom. The number of carbonyl (C=O) groups excluding carboxylic acids is 1. The standard InChI is InChI=1S/C13H12F3NO3S/c1-7(8(2)12(19)20)11(18)17-9-5-3-4-6-10(9)21-13(14,15)16/h3-6H,1-2H3,(H,17,18)(H,19,20). The molecule has 0 aliphatic heterocycles. The summed E-state index contributed by atoms with van der Waals surface area (Å²) in [6.45, 7) is 2.53. The molecule has 0 heterocycles. The van der Waals surface area contributed by atoms with E-state index in [0.717, 1.165) is 0 Å². The Morgan fingerprint density at radius 2 is 1.71 bits per heavy atom. The van der Waals surface area contributed by atoms with Crippen LogP contribution in [-0.4, -0.2) is 22.5 Å². The van der Waals surface area contributed by atoms with Gasteiger partial charge < -0.3 is 10.4 Å². The number of benzene rings is 1. The largest absolute Gasteiger partial charge is 0.478 e. The van der Waals surface area contributed by atoms with Crippen LogP contribution in [0.4, 0.5) is 18.9 Å². The van der Waals surface area contributed by atoms with E-state index >= 15 is 0 Å². The maximum Gasteiger partial charge on any atom is 0.446 e. The highest BCUT2D eigenvalue weighted by Crippen LogP contribution is 2.40. The van der Waals surface area contributed by atoms with Crippen molar-refractivity contribution < 1.29 is 27.9 Å². The summed E-state index contributed by atoms with van der Waals surface area (Å²) in [5.74, 6) is -2.02. The number of carbonyl (C=O) groups is 2. The molecule has 114 valence electrons. The molecule has 0 radical (unpaired) electrons. The highest BCUT2D eigenvalue weighted by Gasteiger charge is 2.30. The molecule has 0 aliphatic carbocycles. The Morgan fingerprint density at radius 3 is 2.24 bits per heavy atom.